The molecule has 4 heteroatoms. The average molecular weight is 253 g/mol. The number of carbonyl (C=O) groups excluding carboxylic acids is 1. The summed E-state index contributed by atoms with van der Waals surface area (Å²) in [6.07, 6.45) is 0. The SMILES string of the molecule is CCSCCOC(=O)C(C)c1cccc(N)c1. The molecule has 1 aromatic rings. The summed E-state index contributed by atoms with van der Waals surface area (Å²) in [5.74, 6) is 1.45. The number of nitrogens with two attached hydrogens (primary N) is 1. The highest BCUT2D eigenvalue weighted by molar-refractivity contribution is 7.99. The smallest absolute Gasteiger partial charge is 0.313 e. The van der Waals surface area contributed by atoms with Crippen molar-refractivity contribution in [1.82, 2.24) is 0 Å². The van der Waals surface area contributed by atoms with Crippen molar-refractivity contribution >= 4 is 23.4 Å². The standard InChI is InChI=1S/C13H19NO2S/c1-3-17-8-7-16-13(15)10(2)11-5-4-6-12(14)9-11/h4-6,9-10H,3,7-8,14H2,1-2H3. The Morgan fingerprint density at radius 1 is 1.53 bits per heavy atom. The molecule has 1 unspecified atom stereocenters. The number of nitrogen functional groups attached to an aromatic ring is 1. The minimum absolute atomic E-state index is 0.188. The molecule has 0 saturated heterocycles. The topological polar surface area (TPSA) is 52.3 Å². The Balaban J connectivity index is 2.46. The van der Waals surface area contributed by atoms with Crippen LogP contribution in [0, 0.1) is 0 Å². The molecule has 0 heterocycles. The lowest BCUT2D eigenvalue weighted by atomic mass is 10.0. The van der Waals surface area contributed by atoms with Crippen LogP contribution in [0.15, 0.2) is 24.3 Å². The van der Waals surface area contributed by atoms with Gasteiger partial charge in [-0.2, -0.15) is 11.8 Å². The van der Waals surface area contributed by atoms with Crippen LogP contribution in [0.3, 0.4) is 0 Å². The van der Waals surface area contributed by atoms with Crippen molar-refractivity contribution in [3.63, 3.8) is 0 Å². The zero-order valence-corrected chi connectivity index (χ0v) is 11.1. The molecule has 0 aliphatic heterocycles. The van der Waals surface area contributed by atoms with Gasteiger partial charge in [0, 0.05) is 11.4 Å². The Morgan fingerprint density at radius 3 is 2.94 bits per heavy atom. The highest BCUT2D eigenvalue weighted by Crippen LogP contribution is 2.19. The van der Waals surface area contributed by atoms with Gasteiger partial charge in [-0.1, -0.05) is 19.1 Å². The molecular formula is C13H19NO2S. The predicted molar refractivity (Wildman–Crippen MR) is 73.2 cm³/mol. The van der Waals surface area contributed by atoms with E-state index in [-0.39, 0.29) is 11.9 Å². The number of carbonyl (C=O) groups is 1. The molecule has 3 nitrogen and oxygen atoms in total. The fourth-order valence-electron chi connectivity index (χ4n) is 1.43. The average Bonchev–Trinajstić information content (AvgIpc) is 2.33. The number of anilines is 1. The van der Waals surface area contributed by atoms with Crippen molar-refractivity contribution in [3.8, 4) is 0 Å². The van der Waals surface area contributed by atoms with Gasteiger partial charge in [-0.15, -0.1) is 0 Å². The van der Waals surface area contributed by atoms with Gasteiger partial charge in [0.25, 0.3) is 0 Å². The van der Waals surface area contributed by atoms with Gasteiger partial charge in [-0.05, 0) is 30.4 Å². The van der Waals surface area contributed by atoms with Crippen LogP contribution in [-0.4, -0.2) is 24.1 Å². The third-order valence-corrected chi connectivity index (χ3v) is 3.30. The third-order valence-electron chi connectivity index (χ3n) is 2.44. The molecule has 17 heavy (non-hydrogen) atoms. The second-order valence-electron chi connectivity index (χ2n) is 3.76. The van der Waals surface area contributed by atoms with Crippen LogP contribution in [0.5, 0.6) is 0 Å². The first-order chi connectivity index (χ1) is 8.15. The number of thioether (sulfide) groups is 1. The maximum absolute atomic E-state index is 11.7. The minimum atomic E-state index is -0.259. The van der Waals surface area contributed by atoms with Crippen LogP contribution in [0.1, 0.15) is 25.3 Å². The van der Waals surface area contributed by atoms with Gasteiger partial charge in [-0.25, -0.2) is 0 Å². The lowest BCUT2D eigenvalue weighted by Gasteiger charge is -2.12. The highest BCUT2D eigenvalue weighted by atomic mass is 32.2. The van der Waals surface area contributed by atoms with Gasteiger partial charge >= 0.3 is 5.97 Å². The molecule has 0 saturated carbocycles. The van der Waals surface area contributed by atoms with E-state index in [2.05, 4.69) is 6.92 Å². The van der Waals surface area contributed by atoms with Gasteiger partial charge in [0.2, 0.25) is 0 Å². The van der Waals surface area contributed by atoms with E-state index in [1.54, 1.807) is 17.8 Å². The Hall–Kier alpha value is -1.16. The Kier molecular flexibility index (Phi) is 5.91. The molecule has 0 aromatic heterocycles. The predicted octanol–water partition coefficient (Wildman–Crippen LogP) is 2.67. The van der Waals surface area contributed by atoms with Crippen LogP contribution >= 0.6 is 11.8 Å². The molecule has 0 bridgehead atoms. The van der Waals surface area contributed by atoms with Gasteiger partial charge in [0.1, 0.15) is 6.61 Å². The molecule has 0 fully saturated rings. The summed E-state index contributed by atoms with van der Waals surface area (Å²) in [4.78, 5) is 11.7. The van der Waals surface area contributed by atoms with Gasteiger partial charge in [-0.3, -0.25) is 4.79 Å². The van der Waals surface area contributed by atoms with Crippen molar-refractivity contribution < 1.29 is 9.53 Å². The van der Waals surface area contributed by atoms with Crippen molar-refractivity contribution in [1.29, 1.82) is 0 Å². The molecule has 0 amide bonds. The first-order valence-corrected chi connectivity index (χ1v) is 6.90. The Labute approximate surface area is 107 Å². The number of hydrogen-bond acceptors (Lipinski definition) is 4. The summed E-state index contributed by atoms with van der Waals surface area (Å²) in [5, 5.41) is 0. The minimum Gasteiger partial charge on any atom is -0.464 e. The molecule has 0 spiro atoms. The summed E-state index contributed by atoms with van der Waals surface area (Å²) in [5.41, 5.74) is 7.25. The molecule has 0 aliphatic rings. The monoisotopic (exact) mass is 253 g/mol. The number of esters is 1. The van der Waals surface area contributed by atoms with Crippen LogP contribution in [0.4, 0.5) is 5.69 Å². The maximum Gasteiger partial charge on any atom is 0.313 e. The summed E-state index contributed by atoms with van der Waals surface area (Å²) in [6.45, 7) is 4.40. The number of hydrogen-bond donors (Lipinski definition) is 1. The van der Waals surface area contributed by atoms with Crippen LogP contribution in [-0.2, 0) is 9.53 Å². The molecule has 1 atom stereocenters. The zero-order valence-electron chi connectivity index (χ0n) is 10.3. The van der Waals surface area contributed by atoms with E-state index in [1.165, 1.54) is 0 Å². The van der Waals surface area contributed by atoms with E-state index >= 15 is 0 Å². The van der Waals surface area contributed by atoms with Crippen molar-refractivity contribution in [3.05, 3.63) is 29.8 Å². The van der Waals surface area contributed by atoms with Crippen molar-refractivity contribution in [2.45, 2.75) is 19.8 Å². The van der Waals surface area contributed by atoms with Crippen LogP contribution in [0.25, 0.3) is 0 Å². The van der Waals surface area contributed by atoms with Crippen molar-refractivity contribution in [2.24, 2.45) is 0 Å². The van der Waals surface area contributed by atoms with Crippen molar-refractivity contribution in [2.75, 3.05) is 23.8 Å². The normalized spacial score (nSPS) is 12.1. The number of benzene rings is 1. The Bertz CT molecular complexity index is 368. The van der Waals surface area contributed by atoms with E-state index in [9.17, 15) is 4.79 Å². The molecule has 94 valence electrons. The molecule has 1 rings (SSSR count). The first-order valence-electron chi connectivity index (χ1n) is 5.75. The lowest BCUT2D eigenvalue weighted by Crippen LogP contribution is -2.15. The number of rotatable bonds is 6. The van der Waals surface area contributed by atoms with E-state index in [0.29, 0.717) is 12.3 Å². The molecular weight excluding hydrogens is 234 g/mol. The van der Waals surface area contributed by atoms with Gasteiger partial charge in [0.05, 0.1) is 5.92 Å². The second kappa shape index (κ2) is 7.22. The van der Waals surface area contributed by atoms with E-state index in [0.717, 1.165) is 17.1 Å². The fraction of sp³-hybridized carbons (Fsp3) is 0.462. The zero-order chi connectivity index (χ0) is 12.7. The van der Waals surface area contributed by atoms with E-state index < -0.39 is 0 Å². The van der Waals surface area contributed by atoms with Gasteiger partial charge in [0.15, 0.2) is 0 Å². The molecule has 0 aliphatic carbocycles. The quantitative estimate of drug-likeness (QED) is 0.481. The van der Waals surface area contributed by atoms with Crippen LogP contribution in [0.2, 0.25) is 0 Å². The molecule has 0 radical (unpaired) electrons. The molecule has 2 N–H and O–H groups in total. The summed E-state index contributed by atoms with van der Waals surface area (Å²) < 4.78 is 5.20. The second-order valence-corrected chi connectivity index (χ2v) is 5.15. The fourth-order valence-corrected chi connectivity index (χ4v) is 1.92. The van der Waals surface area contributed by atoms with Gasteiger partial charge < -0.3 is 10.5 Å². The Morgan fingerprint density at radius 2 is 2.29 bits per heavy atom. The van der Waals surface area contributed by atoms with E-state index in [1.807, 2.05) is 25.1 Å². The lowest BCUT2D eigenvalue weighted by molar-refractivity contribution is -0.144. The summed E-state index contributed by atoms with van der Waals surface area (Å²) in [6, 6.07) is 7.36. The maximum atomic E-state index is 11.7. The summed E-state index contributed by atoms with van der Waals surface area (Å²) >= 11 is 1.76. The largest absolute Gasteiger partial charge is 0.464 e. The number of ether oxygens (including phenoxy) is 1. The third kappa shape index (κ3) is 4.69. The van der Waals surface area contributed by atoms with Crippen LogP contribution < -0.4 is 5.73 Å². The molecule has 1 aromatic carbocycles. The first kappa shape index (κ1) is 13.9. The highest BCUT2D eigenvalue weighted by Gasteiger charge is 2.16. The van der Waals surface area contributed by atoms with E-state index in [4.69, 9.17) is 10.5 Å². The summed E-state index contributed by atoms with van der Waals surface area (Å²) in [7, 11) is 0.